The van der Waals surface area contributed by atoms with E-state index in [1.807, 2.05) is 0 Å². The highest BCUT2D eigenvalue weighted by atomic mass is 35.5. The predicted molar refractivity (Wildman–Crippen MR) is 45.9 cm³/mol. The van der Waals surface area contributed by atoms with Gasteiger partial charge >= 0.3 is 5.38 Å². The molecule has 0 bridgehead atoms. The van der Waals surface area contributed by atoms with Crippen molar-refractivity contribution in [2.45, 2.75) is 5.38 Å². The van der Waals surface area contributed by atoms with Crippen molar-refractivity contribution in [1.82, 2.24) is 4.98 Å². The summed E-state index contributed by atoms with van der Waals surface area (Å²) >= 11 is 4.58. The van der Waals surface area contributed by atoms with Gasteiger partial charge in [0.15, 0.2) is 0 Å². The number of aromatic nitrogens is 1. The molecule has 0 aliphatic heterocycles. The molecule has 1 heterocycles. The van der Waals surface area contributed by atoms with Crippen LogP contribution in [0.15, 0.2) is 18.5 Å². The summed E-state index contributed by atoms with van der Waals surface area (Å²) in [7, 11) is 1.26. The third-order valence-corrected chi connectivity index (χ3v) is 1.67. The number of methoxy groups -OCH3 is 1. The van der Waals surface area contributed by atoms with Gasteiger partial charge in [-0.1, -0.05) is 0 Å². The highest BCUT2D eigenvalue weighted by Crippen LogP contribution is 2.28. The van der Waals surface area contributed by atoms with Gasteiger partial charge in [0, 0.05) is 12.4 Å². The number of rotatable bonds is 3. The molecule has 1 aromatic heterocycles. The molecule has 0 saturated heterocycles. The van der Waals surface area contributed by atoms with E-state index in [1.165, 1.54) is 19.4 Å². The number of alkyl halides is 3. The molecule has 14 heavy (non-hydrogen) atoms. The van der Waals surface area contributed by atoms with Crippen LogP contribution in [-0.2, 0) is 0 Å². The number of nitrogens with zero attached hydrogens (tertiary/aromatic N) is 1. The van der Waals surface area contributed by atoms with Gasteiger partial charge < -0.3 is 4.74 Å². The van der Waals surface area contributed by atoms with Gasteiger partial charge in [0.2, 0.25) is 0 Å². The Morgan fingerprint density at radius 2 is 2.29 bits per heavy atom. The minimum absolute atomic E-state index is 0.0188. The Balaban J connectivity index is 3.13. The van der Waals surface area contributed by atoms with Crippen LogP contribution in [0.2, 0.25) is 0 Å². The fourth-order valence-corrected chi connectivity index (χ4v) is 0.985. The summed E-state index contributed by atoms with van der Waals surface area (Å²) in [5, 5.41) is -3.93. The van der Waals surface area contributed by atoms with Crippen molar-refractivity contribution in [3.8, 4) is 5.75 Å². The highest BCUT2D eigenvalue weighted by molar-refractivity contribution is 6.35. The van der Waals surface area contributed by atoms with Crippen LogP contribution in [0.3, 0.4) is 0 Å². The van der Waals surface area contributed by atoms with E-state index in [1.54, 1.807) is 0 Å². The lowest BCUT2D eigenvalue weighted by molar-refractivity contribution is 0.0532. The summed E-state index contributed by atoms with van der Waals surface area (Å²) in [6.07, 6.45) is 2.31. The number of hydrogen-bond donors (Lipinski definition) is 0. The van der Waals surface area contributed by atoms with Gasteiger partial charge in [0.1, 0.15) is 5.75 Å². The van der Waals surface area contributed by atoms with E-state index < -0.39 is 11.2 Å². The number of Topliss-reactive ketones (excluding diaryl/α,β-unsaturated/α-hetero) is 1. The first-order chi connectivity index (χ1) is 6.46. The second-order valence-electron chi connectivity index (χ2n) is 2.40. The molecule has 0 N–H and O–H groups in total. The lowest BCUT2D eigenvalue weighted by Crippen LogP contribution is -2.22. The van der Waals surface area contributed by atoms with Crippen LogP contribution in [0.1, 0.15) is 10.4 Å². The van der Waals surface area contributed by atoms with E-state index in [2.05, 4.69) is 16.6 Å². The van der Waals surface area contributed by atoms with Crippen LogP contribution >= 0.6 is 11.6 Å². The van der Waals surface area contributed by atoms with Crippen LogP contribution in [0.4, 0.5) is 8.78 Å². The van der Waals surface area contributed by atoms with E-state index in [4.69, 9.17) is 4.74 Å². The van der Waals surface area contributed by atoms with Crippen molar-refractivity contribution in [3.05, 3.63) is 24.0 Å². The molecule has 76 valence electrons. The summed E-state index contributed by atoms with van der Waals surface area (Å²) in [5.41, 5.74) is -0.338. The maximum Gasteiger partial charge on any atom is 0.385 e. The number of ketones is 1. The van der Waals surface area contributed by atoms with E-state index in [9.17, 15) is 13.6 Å². The molecule has 0 saturated carbocycles. The smallest absolute Gasteiger partial charge is 0.385 e. The number of pyridine rings is 1. The maximum atomic E-state index is 12.5. The fraction of sp³-hybridized carbons (Fsp3) is 0.250. The summed E-state index contributed by atoms with van der Waals surface area (Å²) in [6.45, 7) is 0. The monoisotopic (exact) mass is 221 g/mol. The van der Waals surface area contributed by atoms with Gasteiger partial charge in [-0.2, -0.15) is 8.78 Å². The van der Waals surface area contributed by atoms with Crippen molar-refractivity contribution < 1.29 is 18.3 Å². The molecule has 0 unspecified atom stereocenters. The molecule has 1 aromatic rings. The first-order valence-electron chi connectivity index (χ1n) is 3.56. The molecule has 0 radical (unpaired) electrons. The van der Waals surface area contributed by atoms with Crippen LogP contribution in [0.5, 0.6) is 5.75 Å². The molecule has 0 aliphatic carbocycles. The highest BCUT2D eigenvalue weighted by Gasteiger charge is 2.38. The number of ether oxygens (including phenoxy) is 1. The lowest BCUT2D eigenvalue weighted by atomic mass is 10.2. The summed E-state index contributed by atoms with van der Waals surface area (Å²) in [5.74, 6) is -1.51. The van der Waals surface area contributed by atoms with Crippen molar-refractivity contribution in [3.63, 3.8) is 0 Å². The average Bonchev–Trinajstić information content (AvgIpc) is 2.15. The summed E-state index contributed by atoms with van der Waals surface area (Å²) in [6, 6.07) is 1.30. The van der Waals surface area contributed by atoms with E-state index in [0.29, 0.717) is 0 Å². The van der Waals surface area contributed by atoms with Gasteiger partial charge in [0.05, 0.1) is 12.7 Å². The second kappa shape index (κ2) is 3.88. The Morgan fingerprint density at radius 1 is 1.64 bits per heavy atom. The average molecular weight is 222 g/mol. The van der Waals surface area contributed by atoms with Gasteiger partial charge in [-0.3, -0.25) is 9.78 Å². The van der Waals surface area contributed by atoms with Gasteiger partial charge in [-0.15, -0.1) is 0 Å². The normalized spacial score (nSPS) is 11.1. The quantitative estimate of drug-likeness (QED) is 0.580. The van der Waals surface area contributed by atoms with Crippen molar-refractivity contribution in [1.29, 1.82) is 0 Å². The third kappa shape index (κ3) is 2.17. The summed E-state index contributed by atoms with van der Waals surface area (Å²) in [4.78, 5) is 14.6. The maximum absolute atomic E-state index is 12.5. The van der Waals surface area contributed by atoms with Crippen molar-refractivity contribution in [2.24, 2.45) is 0 Å². The van der Waals surface area contributed by atoms with Crippen LogP contribution in [0.25, 0.3) is 0 Å². The van der Waals surface area contributed by atoms with E-state index >= 15 is 0 Å². The molecule has 0 aromatic carbocycles. The SMILES string of the molecule is COc1ccncc1C(=O)C(F)(F)Cl. The molecule has 0 atom stereocenters. The molecular weight excluding hydrogens is 216 g/mol. The zero-order chi connectivity index (χ0) is 10.8. The largest absolute Gasteiger partial charge is 0.496 e. The van der Waals surface area contributed by atoms with Gasteiger partial charge in [0.25, 0.3) is 5.78 Å². The second-order valence-corrected chi connectivity index (χ2v) is 2.88. The van der Waals surface area contributed by atoms with E-state index in [0.717, 1.165) is 6.20 Å². The van der Waals surface area contributed by atoms with E-state index in [-0.39, 0.29) is 11.3 Å². The zero-order valence-electron chi connectivity index (χ0n) is 7.13. The Bertz CT molecular complexity index is 351. The number of halogens is 3. The third-order valence-electron chi connectivity index (χ3n) is 1.50. The lowest BCUT2D eigenvalue weighted by Gasteiger charge is -2.09. The van der Waals surface area contributed by atoms with Crippen molar-refractivity contribution >= 4 is 17.4 Å². The minimum atomic E-state index is -3.93. The fourth-order valence-electron chi connectivity index (χ4n) is 0.883. The first-order valence-corrected chi connectivity index (χ1v) is 3.94. The Kier molecular flexibility index (Phi) is 3.00. The molecule has 6 heteroatoms. The Labute approximate surface area is 83.7 Å². The molecule has 0 spiro atoms. The van der Waals surface area contributed by atoms with Crippen molar-refractivity contribution in [2.75, 3.05) is 7.11 Å². The molecular formula is C8H6ClF2NO2. The molecule has 0 fully saturated rings. The molecule has 0 amide bonds. The number of carbonyl (C=O) groups is 1. The number of carbonyl (C=O) groups excluding carboxylic acids is 1. The predicted octanol–water partition coefficient (Wildman–Crippen LogP) is 2.10. The number of hydrogen-bond acceptors (Lipinski definition) is 3. The van der Waals surface area contributed by atoms with Gasteiger partial charge in [-0.25, -0.2) is 0 Å². The van der Waals surface area contributed by atoms with Crippen LogP contribution in [-0.4, -0.2) is 23.3 Å². The van der Waals surface area contributed by atoms with Crippen LogP contribution < -0.4 is 4.74 Å². The molecule has 3 nitrogen and oxygen atoms in total. The van der Waals surface area contributed by atoms with Crippen LogP contribution in [0, 0.1) is 0 Å². The Hall–Kier alpha value is -1.23. The topological polar surface area (TPSA) is 39.2 Å². The first kappa shape index (κ1) is 10.8. The zero-order valence-corrected chi connectivity index (χ0v) is 7.89. The minimum Gasteiger partial charge on any atom is -0.496 e. The molecule has 0 aliphatic rings. The molecule has 1 rings (SSSR count). The summed E-state index contributed by atoms with van der Waals surface area (Å²) < 4.78 is 29.6. The van der Waals surface area contributed by atoms with Gasteiger partial charge in [-0.05, 0) is 17.7 Å². The Morgan fingerprint density at radius 3 is 2.79 bits per heavy atom. The standard InChI is InChI=1S/C8H6ClF2NO2/c1-14-6-2-3-12-4-5(6)7(13)8(9,10)11/h2-4H,1H3.